The third-order valence-corrected chi connectivity index (χ3v) is 4.41. The van der Waals surface area contributed by atoms with Crippen LogP contribution in [0.4, 0.5) is 0 Å². The van der Waals surface area contributed by atoms with E-state index < -0.39 is 5.41 Å². The Bertz CT molecular complexity index is 730. The molecule has 1 saturated heterocycles. The van der Waals surface area contributed by atoms with Gasteiger partial charge in [0.1, 0.15) is 6.04 Å². The van der Waals surface area contributed by atoms with Crippen LogP contribution >= 0.6 is 0 Å². The van der Waals surface area contributed by atoms with Gasteiger partial charge >= 0.3 is 0 Å². The van der Waals surface area contributed by atoms with Crippen molar-refractivity contribution in [3.05, 3.63) is 35.7 Å². The Hall–Kier alpha value is -2.17. The molecule has 24 heavy (non-hydrogen) atoms. The number of hydrogen-bond acceptors (Lipinski definition) is 4. The van der Waals surface area contributed by atoms with Gasteiger partial charge in [-0.05, 0) is 32.3 Å². The molecule has 0 saturated carbocycles. The molecule has 2 aromatic rings. The summed E-state index contributed by atoms with van der Waals surface area (Å²) >= 11 is 0. The second kappa shape index (κ2) is 6.38. The second-order valence-electron chi connectivity index (χ2n) is 7.59. The third kappa shape index (κ3) is 3.35. The zero-order valence-electron chi connectivity index (χ0n) is 14.9. The smallest absolute Gasteiger partial charge is 0.249 e. The summed E-state index contributed by atoms with van der Waals surface area (Å²) in [4.78, 5) is 19.3. The maximum absolute atomic E-state index is 12.8. The molecule has 1 fully saturated rings. The lowest BCUT2D eigenvalue weighted by Gasteiger charge is -2.37. The van der Waals surface area contributed by atoms with Crippen molar-refractivity contribution < 1.29 is 9.32 Å². The minimum atomic E-state index is -0.408. The van der Waals surface area contributed by atoms with Gasteiger partial charge in [0.15, 0.2) is 0 Å². The number of amides is 1. The average Bonchev–Trinajstić information content (AvgIpc) is 3.03. The van der Waals surface area contributed by atoms with Crippen molar-refractivity contribution in [3.8, 4) is 11.4 Å². The molecule has 1 amide bonds. The highest BCUT2D eigenvalue weighted by Crippen LogP contribution is 2.34. The Morgan fingerprint density at radius 1 is 1.29 bits per heavy atom. The number of likely N-dealkylation sites (tertiary alicyclic amines) is 1. The van der Waals surface area contributed by atoms with Crippen molar-refractivity contribution >= 4 is 5.91 Å². The molecule has 5 heteroatoms. The molecule has 1 aromatic carbocycles. The highest BCUT2D eigenvalue weighted by molar-refractivity contribution is 5.82. The quantitative estimate of drug-likeness (QED) is 0.831. The van der Waals surface area contributed by atoms with Gasteiger partial charge in [-0.15, -0.1) is 0 Å². The van der Waals surface area contributed by atoms with E-state index in [1.807, 2.05) is 56.9 Å². The van der Waals surface area contributed by atoms with Crippen LogP contribution in [0.15, 0.2) is 28.8 Å². The van der Waals surface area contributed by atoms with Gasteiger partial charge in [0.2, 0.25) is 17.6 Å². The van der Waals surface area contributed by atoms with Crippen LogP contribution in [0.3, 0.4) is 0 Å². The van der Waals surface area contributed by atoms with Crippen LogP contribution < -0.4 is 0 Å². The SMILES string of the molecule is Cc1cccc(-c2noc(C3CCCCN3C(=O)C(C)(C)C)n2)c1. The Morgan fingerprint density at radius 3 is 2.79 bits per heavy atom. The number of aromatic nitrogens is 2. The Labute approximate surface area is 143 Å². The van der Waals surface area contributed by atoms with Crippen LogP contribution in [0.1, 0.15) is 57.5 Å². The van der Waals surface area contributed by atoms with E-state index in [0.717, 1.165) is 36.9 Å². The molecular weight excluding hydrogens is 302 g/mol. The molecule has 1 aliphatic rings. The molecule has 5 nitrogen and oxygen atoms in total. The van der Waals surface area contributed by atoms with Crippen LogP contribution in [-0.2, 0) is 4.79 Å². The lowest BCUT2D eigenvalue weighted by atomic mass is 9.91. The van der Waals surface area contributed by atoms with E-state index in [0.29, 0.717) is 11.7 Å². The van der Waals surface area contributed by atoms with Crippen molar-refractivity contribution in [3.63, 3.8) is 0 Å². The molecule has 1 aliphatic heterocycles. The van der Waals surface area contributed by atoms with Crippen LogP contribution in [0.2, 0.25) is 0 Å². The number of piperidine rings is 1. The number of rotatable bonds is 2. The summed E-state index contributed by atoms with van der Waals surface area (Å²) in [5.41, 5.74) is 1.69. The van der Waals surface area contributed by atoms with Crippen molar-refractivity contribution in [2.45, 2.75) is 53.0 Å². The molecule has 128 valence electrons. The minimum absolute atomic E-state index is 0.114. The largest absolute Gasteiger partial charge is 0.337 e. The van der Waals surface area contributed by atoms with Gasteiger partial charge in [-0.3, -0.25) is 4.79 Å². The maximum atomic E-state index is 12.8. The third-order valence-electron chi connectivity index (χ3n) is 4.41. The summed E-state index contributed by atoms with van der Waals surface area (Å²) in [6.45, 7) is 8.64. The monoisotopic (exact) mass is 327 g/mol. The molecule has 1 aromatic heterocycles. The lowest BCUT2D eigenvalue weighted by Crippen LogP contribution is -2.44. The summed E-state index contributed by atoms with van der Waals surface area (Å²) in [5, 5.41) is 4.13. The molecule has 1 unspecified atom stereocenters. The number of carbonyl (C=O) groups is 1. The van der Waals surface area contributed by atoms with E-state index in [4.69, 9.17) is 4.52 Å². The van der Waals surface area contributed by atoms with Crippen molar-refractivity contribution in [2.75, 3.05) is 6.54 Å². The first-order chi connectivity index (χ1) is 11.4. The molecule has 0 bridgehead atoms. The fourth-order valence-corrected chi connectivity index (χ4v) is 3.13. The fourth-order valence-electron chi connectivity index (χ4n) is 3.13. The normalized spacial score (nSPS) is 18.7. The number of hydrogen-bond donors (Lipinski definition) is 0. The number of aryl methyl sites for hydroxylation is 1. The molecular formula is C19H25N3O2. The van der Waals surface area contributed by atoms with E-state index >= 15 is 0 Å². The predicted molar refractivity (Wildman–Crippen MR) is 92.2 cm³/mol. The number of carbonyl (C=O) groups excluding carboxylic acids is 1. The zero-order chi connectivity index (χ0) is 17.3. The van der Waals surface area contributed by atoms with Gasteiger partial charge in [0.25, 0.3) is 0 Å². The van der Waals surface area contributed by atoms with Gasteiger partial charge in [0, 0.05) is 17.5 Å². The first-order valence-electron chi connectivity index (χ1n) is 8.58. The summed E-state index contributed by atoms with van der Waals surface area (Å²) < 4.78 is 5.54. The Kier molecular flexibility index (Phi) is 4.43. The van der Waals surface area contributed by atoms with Crippen LogP contribution in [0.25, 0.3) is 11.4 Å². The van der Waals surface area contributed by atoms with Crippen molar-refractivity contribution in [1.82, 2.24) is 15.0 Å². The molecule has 0 radical (unpaired) electrons. The Balaban J connectivity index is 1.88. The van der Waals surface area contributed by atoms with E-state index in [2.05, 4.69) is 10.1 Å². The van der Waals surface area contributed by atoms with Crippen LogP contribution in [0, 0.1) is 12.3 Å². The highest BCUT2D eigenvalue weighted by Gasteiger charge is 2.36. The van der Waals surface area contributed by atoms with E-state index in [-0.39, 0.29) is 11.9 Å². The number of nitrogens with zero attached hydrogens (tertiary/aromatic N) is 3. The predicted octanol–water partition coefficient (Wildman–Crippen LogP) is 4.14. The second-order valence-corrected chi connectivity index (χ2v) is 7.59. The van der Waals surface area contributed by atoms with E-state index in [1.54, 1.807) is 0 Å². The van der Waals surface area contributed by atoms with Gasteiger partial charge in [-0.25, -0.2) is 0 Å². The van der Waals surface area contributed by atoms with Crippen LogP contribution in [-0.4, -0.2) is 27.5 Å². The summed E-state index contributed by atoms with van der Waals surface area (Å²) in [7, 11) is 0. The fraction of sp³-hybridized carbons (Fsp3) is 0.526. The molecule has 0 aliphatic carbocycles. The van der Waals surface area contributed by atoms with Gasteiger partial charge in [0.05, 0.1) is 0 Å². The van der Waals surface area contributed by atoms with Crippen molar-refractivity contribution in [2.24, 2.45) is 5.41 Å². The number of benzene rings is 1. The lowest BCUT2D eigenvalue weighted by molar-refractivity contribution is -0.144. The zero-order valence-corrected chi connectivity index (χ0v) is 14.9. The summed E-state index contributed by atoms with van der Waals surface area (Å²) in [6, 6.07) is 7.91. The van der Waals surface area contributed by atoms with Crippen molar-refractivity contribution in [1.29, 1.82) is 0 Å². The topological polar surface area (TPSA) is 59.2 Å². The average molecular weight is 327 g/mol. The molecule has 1 atom stereocenters. The van der Waals surface area contributed by atoms with Gasteiger partial charge in [-0.1, -0.05) is 49.7 Å². The van der Waals surface area contributed by atoms with Gasteiger partial charge < -0.3 is 9.42 Å². The first-order valence-corrected chi connectivity index (χ1v) is 8.58. The highest BCUT2D eigenvalue weighted by atomic mass is 16.5. The van der Waals surface area contributed by atoms with Crippen LogP contribution in [0.5, 0.6) is 0 Å². The van der Waals surface area contributed by atoms with E-state index in [1.165, 1.54) is 0 Å². The molecule has 0 N–H and O–H groups in total. The standard InChI is InChI=1S/C19H25N3O2/c1-13-8-7-9-14(12-13)16-20-17(24-21-16)15-10-5-6-11-22(15)18(23)19(2,3)4/h7-9,12,15H,5-6,10-11H2,1-4H3. The molecule has 3 rings (SSSR count). The van der Waals surface area contributed by atoms with Gasteiger partial charge in [-0.2, -0.15) is 4.98 Å². The molecule has 2 heterocycles. The minimum Gasteiger partial charge on any atom is -0.337 e. The summed E-state index contributed by atoms with van der Waals surface area (Å²) in [6.07, 6.45) is 2.97. The maximum Gasteiger partial charge on any atom is 0.249 e. The van der Waals surface area contributed by atoms with E-state index in [9.17, 15) is 4.79 Å². The Morgan fingerprint density at radius 2 is 2.08 bits per heavy atom. The first kappa shape index (κ1) is 16.7. The summed E-state index contributed by atoms with van der Waals surface area (Å²) in [5.74, 6) is 1.27. The molecule has 0 spiro atoms.